The number of carboxylic acid groups (broad SMARTS) is 1. The number of carbonyl (C=O) groups excluding carboxylic acids is 2. The van der Waals surface area contributed by atoms with Crippen LogP contribution in [-0.2, 0) is 16.0 Å². The summed E-state index contributed by atoms with van der Waals surface area (Å²) < 4.78 is 11.0. The molecule has 0 saturated heterocycles. The Balaban J connectivity index is 1.74. The average Bonchev–Trinajstić information content (AvgIpc) is 2.75. The Labute approximate surface area is 179 Å². The summed E-state index contributed by atoms with van der Waals surface area (Å²) in [6.45, 7) is 3.32. The summed E-state index contributed by atoms with van der Waals surface area (Å²) in [5.74, 6) is -1.57. The summed E-state index contributed by atoms with van der Waals surface area (Å²) in [6, 6.07) is 13.6. The maximum absolute atomic E-state index is 12.5. The second-order valence-electron chi connectivity index (χ2n) is 7.33. The van der Waals surface area contributed by atoms with Gasteiger partial charge in [0.2, 0.25) is 0 Å². The van der Waals surface area contributed by atoms with Crippen molar-refractivity contribution in [1.29, 1.82) is 0 Å². The second kappa shape index (κ2) is 9.93. The average molecular weight is 422 g/mol. The number of nitrogens with one attached hydrogen (secondary N) is 1. The van der Waals surface area contributed by atoms with Gasteiger partial charge in [0.05, 0.1) is 12.0 Å². The third-order valence-electron chi connectivity index (χ3n) is 5.05. The lowest BCUT2D eigenvalue weighted by atomic mass is 10.00. The number of ether oxygens (including phenoxy) is 1. The summed E-state index contributed by atoms with van der Waals surface area (Å²) >= 11 is 0. The third-order valence-corrected chi connectivity index (χ3v) is 5.05. The molecule has 0 aliphatic carbocycles. The highest BCUT2D eigenvalue weighted by Gasteiger charge is 2.15. The van der Waals surface area contributed by atoms with Crippen LogP contribution in [0, 0.1) is 6.92 Å². The van der Waals surface area contributed by atoms with Crippen LogP contribution in [0.3, 0.4) is 0 Å². The molecule has 0 radical (unpaired) electrons. The second-order valence-corrected chi connectivity index (χ2v) is 7.33. The van der Waals surface area contributed by atoms with Crippen molar-refractivity contribution in [3.63, 3.8) is 0 Å². The number of carboxylic acids is 1. The standard InChI is InChI=1S/C24H25NO6/c1-3-7-20(23(27)28)25-22(26)14-30-17-10-11-18-15(2)19(24(29)31-21(18)13-17)12-16-8-5-4-6-9-16/h4-6,8-11,13,20H,3,7,12,14H2,1-2H3,(H,25,26)(H,27,28)/p-1/t20-/m1/s1. The van der Waals surface area contributed by atoms with E-state index in [1.54, 1.807) is 18.2 Å². The van der Waals surface area contributed by atoms with Gasteiger partial charge >= 0.3 is 5.63 Å². The maximum Gasteiger partial charge on any atom is 0.340 e. The van der Waals surface area contributed by atoms with Crippen LogP contribution < -0.4 is 20.8 Å². The van der Waals surface area contributed by atoms with Gasteiger partial charge in [0.25, 0.3) is 5.91 Å². The Hall–Kier alpha value is -3.61. The molecule has 0 unspecified atom stereocenters. The van der Waals surface area contributed by atoms with Crippen LogP contribution in [0.25, 0.3) is 11.0 Å². The molecule has 31 heavy (non-hydrogen) atoms. The highest BCUT2D eigenvalue weighted by molar-refractivity contribution is 5.84. The number of benzene rings is 2. The molecule has 7 nitrogen and oxygen atoms in total. The van der Waals surface area contributed by atoms with Crippen molar-refractivity contribution in [2.45, 2.75) is 39.2 Å². The Morgan fingerprint density at radius 2 is 1.90 bits per heavy atom. The Morgan fingerprint density at radius 3 is 2.58 bits per heavy atom. The molecule has 3 rings (SSSR count). The highest BCUT2D eigenvalue weighted by Crippen LogP contribution is 2.25. The molecule has 162 valence electrons. The van der Waals surface area contributed by atoms with Crippen LogP contribution in [0.5, 0.6) is 5.75 Å². The van der Waals surface area contributed by atoms with Crippen LogP contribution in [-0.4, -0.2) is 24.5 Å². The van der Waals surface area contributed by atoms with E-state index in [4.69, 9.17) is 9.15 Å². The first-order valence-corrected chi connectivity index (χ1v) is 10.1. The van der Waals surface area contributed by atoms with Crippen LogP contribution in [0.4, 0.5) is 0 Å². The lowest BCUT2D eigenvalue weighted by Gasteiger charge is -2.19. The van der Waals surface area contributed by atoms with Crippen molar-refractivity contribution in [3.05, 3.63) is 75.6 Å². The summed E-state index contributed by atoms with van der Waals surface area (Å²) in [5, 5.41) is 14.2. The summed E-state index contributed by atoms with van der Waals surface area (Å²) in [5.41, 5.74) is 2.38. The Morgan fingerprint density at radius 1 is 1.16 bits per heavy atom. The predicted octanol–water partition coefficient (Wildman–Crippen LogP) is 2.11. The number of hydrogen-bond donors (Lipinski definition) is 1. The van der Waals surface area contributed by atoms with Gasteiger partial charge in [-0.3, -0.25) is 4.79 Å². The van der Waals surface area contributed by atoms with E-state index in [9.17, 15) is 19.5 Å². The van der Waals surface area contributed by atoms with Crippen molar-refractivity contribution in [3.8, 4) is 5.75 Å². The number of amides is 1. The molecule has 1 aromatic heterocycles. The number of aryl methyl sites for hydroxylation is 1. The first kappa shape index (κ1) is 22.1. The van der Waals surface area contributed by atoms with E-state index in [1.807, 2.05) is 44.2 Å². The fourth-order valence-corrected chi connectivity index (χ4v) is 3.39. The number of rotatable bonds is 9. The molecule has 0 saturated carbocycles. The topological polar surface area (TPSA) is 109 Å². The zero-order valence-corrected chi connectivity index (χ0v) is 17.5. The molecule has 0 fully saturated rings. The van der Waals surface area contributed by atoms with Gasteiger partial charge in [-0.15, -0.1) is 0 Å². The van der Waals surface area contributed by atoms with Crippen LogP contribution >= 0.6 is 0 Å². The predicted molar refractivity (Wildman–Crippen MR) is 114 cm³/mol. The van der Waals surface area contributed by atoms with E-state index < -0.39 is 23.5 Å². The minimum absolute atomic E-state index is 0.278. The number of fused-ring (bicyclic) bond motifs is 1. The van der Waals surface area contributed by atoms with Gasteiger partial charge in [-0.05, 0) is 36.6 Å². The molecular weight excluding hydrogens is 398 g/mol. The minimum Gasteiger partial charge on any atom is -0.548 e. The van der Waals surface area contributed by atoms with Gasteiger partial charge < -0.3 is 24.4 Å². The van der Waals surface area contributed by atoms with Gasteiger partial charge in [-0.1, -0.05) is 43.7 Å². The van der Waals surface area contributed by atoms with Crippen molar-refractivity contribution < 1.29 is 23.8 Å². The van der Waals surface area contributed by atoms with E-state index >= 15 is 0 Å². The molecule has 1 atom stereocenters. The van der Waals surface area contributed by atoms with Crippen LogP contribution in [0.15, 0.2) is 57.7 Å². The molecule has 7 heteroatoms. The van der Waals surface area contributed by atoms with Gasteiger partial charge in [0.15, 0.2) is 6.61 Å². The third kappa shape index (κ3) is 5.51. The van der Waals surface area contributed by atoms with Crippen LogP contribution in [0.1, 0.15) is 36.5 Å². The molecule has 0 aliphatic rings. The van der Waals surface area contributed by atoms with Gasteiger partial charge in [-0.2, -0.15) is 0 Å². The quantitative estimate of drug-likeness (QED) is 0.529. The van der Waals surface area contributed by atoms with E-state index in [2.05, 4.69) is 5.32 Å². The van der Waals surface area contributed by atoms with E-state index in [0.29, 0.717) is 29.7 Å². The van der Waals surface area contributed by atoms with Crippen molar-refractivity contribution in [2.24, 2.45) is 0 Å². The normalized spacial score (nSPS) is 11.8. The Kier molecular flexibility index (Phi) is 7.07. The number of aliphatic carboxylic acids is 1. The van der Waals surface area contributed by atoms with E-state index in [0.717, 1.165) is 16.5 Å². The van der Waals surface area contributed by atoms with Crippen molar-refractivity contribution >= 4 is 22.8 Å². The molecule has 1 amide bonds. The van der Waals surface area contributed by atoms with Gasteiger partial charge in [0.1, 0.15) is 11.3 Å². The lowest BCUT2D eigenvalue weighted by Crippen LogP contribution is -2.49. The summed E-state index contributed by atoms with van der Waals surface area (Å²) in [6.07, 6.45) is 1.34. The Bertz CT molecular complexity index is 1140. The molecule has 1 N–H and O–H groups in total. The molecule has 3 aromatic rings. The van der Waals surface area contributed by atoms with Gasteiger partial charge in [-0.25, -0.2) is 4.79 Å². The molecular formula is C24H24NO6-. The molecule has 2 aromatic carbocycles. The molecule has 1 heterocycles. The zero-order chi connectivity index (χ0) is 22.4. The first-order chi connectivity index (χ1) is 14.9. The monoisotopic (exact) mass is 422 g/mol. The smallest absolute Gasteiger partial charge is 0.340 e. The van der Waals surface area contributed by atoms with Crippen molar-refractivity contribution in [1.82, 2.24) is 5.32 Å². The van der Waals surface area contributed by atoms with E-state index in [-0.39, 0.29) is 13.0 Å². The largest absolute Gasteiger partial charge is 0.548 e. The summed E-state index contributed by atoms with van der Waals surface area (Å²) in [4.78, 5) is 35.6. The zero-order valence-electron chi connectivity index (χ0n) is 17.5. The van der Waals surface area contributed by atoms with E-state index in [1.165, 1.54) is 0 Å². The highest BCUT2D eigenvalue weighted by atomic mass is 16.5. The minimum atomic E-state index is -1.33. The van der Waals surface area contributed by atoms with Gasteiger partial charge in [0, 0.05) is 23.4 Å². The van der Waals surface area contributed by atoms with Crippen molar-refractivity contribution in [2.75, 3.05) is 6.61 Å². The fraction of sp³-hybridized carbons (Fsp3) is 0.292. The molecule has 0 bridgehead atoms. The number of carbonyl (C=O) groups is 2. The number of hydrogen-bond acceptors (Lipinski definition) is 6. The summed E-state index contributed by atoms with van der Waals surface area (Å²) in [7, 11) is 0. The first-order valence-electron chi connectivity index (χ1n) is 10.1. The maximum atomic E-state index is 12.5. The lowest BCUT2D eigenvalue weighted by molar-refractivity contribution is -0.308. The van der Waals surface area contributed by atoms with Crippen LogP contribution in [0.2, 0.25) is 0 Å². The fourth-order valence-electron chi connectivity index (χ4n) is 3.39. The SMILES string of the molecule is CCC[C@@H](NC(=O)COc1ccc2c(C)c(Cc3ccccc3)c(=O)oc2c1)C(=O)[O-]. The molecule has 0 aliphatic heterocycles. The molecule has 0 spiro atoms.